The molecule has 0 spiro atoms. The van der Waals surface area contributed by atoms with Gasteiger partial charge in [-0.2, -0.15) is 0 Å². The lowest BCUT2D eigenvalue weighted by molar-refractivity contribution is -0.120. The van der Waals surface area contributed by atoms with Crippen molar-refractivity contribution in [1.29, 1.82) is 0 Å². The van der Waals surface area contributed by atoms with Gasteiger partial charge < -0.3 is 15.1 Å². The molecule has 1 aliphatic rings. The third-order valence-electron chi connectivity index (χ3n) is 4.12. The van der Waals surface area contributed by atoms with Gasteiger partial charge in [-0.05, 0) is 32.0 Å². The first kappa shape index (κ1) is 18.0. The van der Waals surface area contributed by atoms with Gasteiger partial charge in [0.25, 0.3) is 0 Å². The molecule has 1 fully saturated rings. The Balaban J connectivity index is 1.59. The highest BCUT2D eigenvalue weighted by molar-refractivity contribution is 7.16. The number of carbonyl (C=O) groups is 1. The number of hydrogen-bond donors (Lipinski definition) is 2. The molecule has 0 unspecified atom stereocenters. The molecule has 0 radical (unpaired) electrons. The number of carbonyl (C=O) groups excluding carboxylic acids is 1. The lowest BCUT2D eigenvalue weighted by Crippen LogP contribution is -2.36. The van der Waals surface area contributed by atoms with Crippen molar-refractivity contribution in [2.75, 3.05) is 18.4 Å². The minimum absolute atomic E-state index is 0.0684. The van der Waals surface area contributed by atoms with Crippen molar-refractivity contribution >= 4 is 48.0 Å². The maximum atomic E-state index is 12.2. The van der Waals surface area contributed by atoms with Crippen LogP contribution in [0.5, 0.6) is 0 Å². The van der Waals surface area contributed by atoms with Crippen LogP contribution >= 0.6 is 11.3 Å². The molecule has 0 aliphatic carbocycles. The van der Waals surface area contributed by atoms with E-state index in [0.29, 0.717) is 11.0 Å². The van der Waals surface area contributed by atoms with Crippen molar-refractivity contribution in [1.82, 2.24) is 15.3 Å². The molecule has 8 heteroatoms. The average Bonchev–Trinajstić information content (AvgIpc) is 3.22. The number of piperidine rings is 1. The van der Waals surface area contributed by atoms with Gasteiger partial charge in [0.2, 0.25) is 11.8 Å². The Morgan fingerprint density at radius 2 is 2.04 bits per heavy atom. The number of anilines is 1. The number of rotatable bonds is 5. The van der Waals surface area contributed by atoms with Crippen molar-refractivity contribution in [3.05, 3.63) is 23.2 Å². The van der Waals surface area contributed by atoms with Gasteiger partial charge in [0.1, 0.15) is 13.5 Å². The number of oxazole rings is 1. The molecule has 3 rings (SSSR count). The summed E-state index contributed by atoms with van der Waals surface area (Å²) in [4.78, 5) is 21.8. The summed E-state index contributed by atoms with van der Waals surface area (Å²) < 4.78 is 5.79. The molecule has 1 aliphatic heterocycles. The van der Waals surface area contributed by atoms with Crippen LogP contribution in [-0.4, -0.2) is 37.0 Å². The van der Waals surface area contributed by atoms with Crippen LogP contribution in [0.2, 0.25) is 19.6 Å². The summed E-state index contributed by atoms with van der Waals surface area (Å²) in [6.45, 7) is 8.48. The Kier molecular flexibility index (Phi) is 5.50. The van der Waals surface area contributed by atoms with E-state index in [-0.39, 0.29) is 11.8 Å². The molecule has 0 aromatic carbocycles. The van der Waals surface area contributed by atoms with Crippen LogP contribution in [0, 0.1) is 5.92 Å². The van der Waals surface area contributed by atoms with Gasteiger partial charge in [-0.25, -0.2) is 9.97 Å². The lowest BCUT2D eigenvalue weighted by Gasteiger charge is -2.20. The van der Waals surface area contributed by atoms with Gasteiger partial charge in [0.05, 0.1) is 6.20 Å². The standard InChI is InChI=1S/C17H24N4O2SSi/c1-25(2,3)15-11-19-14(23-15)5-4-13-10-20-17(24-13)21-16(22)12-6-8-18-9-7-12/h4-5,10-12,18H,6-9H2,1-3H3,(H,20,21,22). The topological polar surface area (TPSA) is 80.0 Å². The molecule has 0 atom stereocenters. The Bertz CT molecular complexity index is 757. The summed E-state index contributed by atoms with van der Waals surface area (Å²) in [5, 5.41) is 7.82. The summed E-state index contributed by atoms with van der Waals surface area (Å²) in [5.74, 6) is 0.751. The molecule has 3 heterocycles. The van der Waals surface area contributed by atoms with Crippen LogP contribution in [-0.2, 0) is 4.79 Å². The minimum Gasteiger partial charge on any atom is -0.447 e. The number of amides is 1. The number of nitrogens with one attached hydrogen (secondary N) is 2. The Hall–Kier alpha value is -1.77. The van der Waals surface area contributed by atoms with Crippen molar-refractivity contribution in [3.63, 3.8) is 0 Å². The molecule has 2 aromatic heterocycles. The largest absolute Gasteiger partial charge is 0.447 e. The van der Waals surface area contributed by atoms with Gasteiger partial charge in [-0.1, -0.05) is 31.0 Å². The van der Waals surface area contributed by atoms with Crippen LogP contribution < -0.4 is 16.0 Å². The maximum Gasteiger partial charge on any atom is 0.229 e. The van der Waals surface area contributed by atoms with Crippen molar-refractivity contribution in [3.8, 4) is 0 Å². The third-order valence-corrected chi connectivity index (χ3v) is 6.70. The number of hydrogen-bond acceptors (Lipinski definition) is 6. The predicted octanol–water partition coefficient (Wildman–Crippen LogP) is 2.78. The molecule has 134 valence electrons. The Morgan fingerprint density at radius 1 is 1.28 bits per heavy atom. The van der Waals surface area contributed by atoms with Gasteiger partial charge in [0, 0.05) is 23.1 Å². The fourth-order valence-electron chi connectivity index (χ4n) is 2.58. The van der Waals surface area contributed by atoms with Gasteiger partial charge >= 0.3 is 0 Å². The summed E-state index contributed by atoms with van der Waals surface area (Å²) in [7, 11) is -1.48. The first-order chi connectivity index (χ1) is 11.9. The fraction of sp³-hybridized carbons (Fsp3) is 0.471. The monoisotopic (exact) mass is 376 g/mol. The van der Waals surface area contributed by atoms with Crippen molar-refractivity contribution < 1.29 is 9.21 Å². The summed E-state index contributed by atoms with van der Waals surface area (Å²) >= 11 is 1.45. The van der Waals surface area contributed by atoms with E-state index in [1.165, 1.54) is 11.3 Å². The summed E-state index contributed by atoms with van der Waals surface area (Å²) in [6, 6.07) is 0. The first-order valence-corrected chi connectivity index (χ1v) is 12.9. The molecular weight excluding hydrogens is 352 g/mol. The quantitative estimate of drug-likeness (QED) is 0.785. The molecule has 1 saturated heterocycles. The van der Waals surface area contributed by atoms with E-state index in [1.54, 1.807) is 6.20 Å². The molecule has 0 saturated carbocycles. The second-order valence-corrected chi connectivity index (χ2v) is 13.3. The predicted molar refractivity (Wildman–Crippen MR) is 105 cm³/mol. The van der Waals surface area contributed by atoms with Gasteiger partial charge in [0.15, 0.2) is 5.13 Å². The van der Waals surface area contributed by atoms with Crippen LogP contribution in [0.1, 0.15) is 23.6 Å². The summed E-state index contributed by atoms with van der Waals surface area (Å²) in [6.07, 6.45) is 9.10. The zero-order valence-electron chi connectivity index (χ0n) is 14.8. The first-order valence-electron chi connectivity index (χ1n) is 8.53. The van der Waals surface area contributed by atoms with Crippen LogP contribution in [0.4, 0.5) is 5.13 Å². The smallest absolute Gasteiger partial charge is 0.229 e. The van der Waals surface area contributed by atoms with Crippen LogP contribution in [0.15, 0.2) is 16.8 Å². The third kappa shape index (κ3) is 4.87. The Labute approximate surface area is 152 Å². The molecule has 2 N–H and O–H groups in total. The van der Waals surface area contributed by atoms with E-state index in [4.69, 9.17) is 4.42 Å². The zero-order valence-corrected chi connectivity index (χ0v) is 16.7. The highest BCUT2D eigenvalue weighted by atomic mass is 32.1. The van der Waals surface area contributed by atoms with E-state index in [2.05, 4.69) is 40.2 Å². The molecular formula is C17H24N4O2SSi. The molecule has 1 amide bonds. The second kappa shape index (κ2) is 7.63. The zero-order chi connectivity index (χ0) is 17.9. The molecule has 2 aromatic rings. The molecule has 25 heavy (non-hydrogen) atoms. The SMILES string of the molecule is C[Si](C)(C)c1cnc(C=Cc2cnc(NC(=O)C3CCNCC3)s2)o1. The maximum absolute atomic E-state index is 12.2. The number of nitrogens with zero attached hydrogens (tertiary/aromatic N) is 2. The molecule has 0 bridgehead atoms. The van der Waals surface area contributed by atoms with E-state index in [0.717, 1.165) is 36.2 Å². The minimum atomic E-state index is -1.48. The molecule has 6 nitrogen and oxygen atoms in total. The van der Waals surface area contributed by atoms with E-state index in [9.17, 15) is 4.79 Å². The second-order valence-electron chi connectivity index (χ2n) is 7.23. The highest BCUT2D eigenvalue weighted by Gasteiger charge is 2.22. The van der Waals surface area contributed by atoms with Gasteiger partial charge in [-0.15, -0.1) is 0 Å². The highest BCUT2D eigenvalue weighted by Crippen LogP contribution is 2.22. The fourth-order valence-corrected chi connectivity index (χ4v) is 4.16. The van der Waals surface area contributed by atoms with E-state index in [1.807, 2.05) is 18.3 Å². The average molecular weight is 377 g/mol. The lowest BCUT2D eigenvalue weighted by atomic mass is 9.97. The van der Waals surface area contributed by atoms with E-state index < -0.39 is 8.07 Å². The number of thiazole rings is 1. The van der Waals surface area contributed by atoms with Crippen LogP contribution in [0.3, 0.4) is 0 Å². The Morgan fingerprint density at radius 3 is 2.72 bits per heavy atom. The summed E-state index contributed by atoms with van der Waals surface area (Å²) in [5.41, 5.74) is 0. The van der Waals surface area contributed by atoms with Crippen molar-refractivity contribution in [2.24, 2.45) is 5.92 Å². The van der Waals surface area contributed by atoms with E-state index >= 15 is 0 Å². The number of aromatic nitrogens is 2. The van der Waals surface area contributed by atoms with Gasteiger partial charge in [-0.3, -0.25) is 4.79 Å². The van der Waals surface area contributed by atoms with Crippen molar-refractivity contribution in [2.45, 2.75) is 32.5 Å². The normalized spacial score (nSPS) is 16.4. The van der Waals surface area contributed by atoms with Crippen LogP contribution in [0.25, 0.3) is 12.2 Å².